The number of aromatic nitrogens is 2. The molecule has 6 N–H and O–H groups in total. The van der Waals surface area contributed by atoms with Gasteiger partial charge in [0.25, 0.3) is 25.3 Å². The van der Waals surface area contributed by atoms with Gasteiger partial charge in [-0.25, -0.2) is 24.0 Å². The van der Waals surface area contributed by atoms with Gasteiger partial charge in [-0.15, -0.1) is 24.8 Å². The zero-order valence-electron chi connectivity index (χ0n) is 59.1. The average molecular weight is 1470 g/mol. The summed E-state index contributed by atoms with van der Waals surface area (Å²) in [5.74, 6) is -3.53. The smallest absolute Gasteiger partial charge is 0.412 e. The minimum absolute atomic E-state index is 0. The zero-order valence-corrected chi connectivity index (χ0v) is 60.8. The SMILES string of the molecule is COC(=O)[C@H](COC(=O)C1CCCN(COC(=O)N[C@@H](C)Cc2ccccc2)C1)NC(=O)c1ccc[n+](COC(=O)N[C@@H](C)Cc2ccccc2)c1.C[C@H](COC(=O)C1CCCN(COC(=O)N[C@@H](C)Cc2ccccc2)C1)NC(=O)c1ccc[n+](COC(=O)N[C@@H](C)Cc2ccccc2)c1.Cl.Cl. The molecular weight excluding hydrogens is 1370 g/mol. The fraction of sp³-hybridized carbons (Fsp3) is 0.427. The Labute approximate surface area is 614 Å². The van der Waals surface area contributed by atoms with E-state index >= 15 is 0 Å². The molecule has 26 nitrogen and oxygen atoms in total. The van der Waals surface area contributed by atoms with Crippen LogP contribution in [0.1, 0.15) is 103 Å². The van der Waals surface area contributed by atoms with Gasteiger partial charge in [-0.3, -0.25) is 29.0 Å². The number of rotatable bonds is 31. The minimum Gasteiger partial charge on any atom is -0.467 e. The second-order valence-electron chi connectivity index (χ2n) is 25.4. The molecule has 103 heavy (non-hydrogen) atoms. The van der Waals surface area contributed by atoms with Crippen molar-refractivity contribution in [2.75, 3.05) is 60.0 Å². The van der Waals surface area contributed by atoms with Crippen LogP contribution in [-0.2, 0) is 86.7 Å². The van der Waals surface area contributed by atoms with E-state index in [4.69, 9.17) is 33.2 Å². The molecular formula is C75H98Cl2N10O16+2. The van der Waals surface area contributed by atoms with Crippen LogP contribution in [0.2, 0.25) is 0 Å². The van der Waals surface area contributed by atoms with Crippen LogP contribution in [0.15, 0.2) is 170 Å². The fourth-order valence-electron chi connectivity index (χ4n) is 11.3. The number of carbonyl (C=O) groups is 9. The third-order valence-corrected chi connectivity index (χ3v) is 16.4. The Morgan fingerprint density at radius 3 is 1.12 bits per heavy atom. The lowest BCUT2D eigenvalue weighted by molar-refractivity contribution is -0.727. The molecule has 0 radical (unpaired) electrons. The van der Waals surface area contributed by atoms with E-state index in [2.05, 4.69) is 31.9 Å². The van der Waals surface area contributed by atoms with Crippen LogP contribution < -0.4 is 41.0 Å². The molecule has 2 aliphatic rings. The molecule has 0 spiro atoms. The number of hydrogen-bond donors (Lipinski definition) is 6. The molecule has 556 valence electrons. The summed E-state index contributed by atoms with van der Waals surface area (Å²) in [6.45, 7) is 10.9. The van der Waals surface area contributed by atoms with Crippen molar-refractivity contribution >= 4 is 78.9 Å². The molecule has 2 saturated heterocycles. The average Bonchev–Trinajstić information content (AvgIpc) is 1.22. The Kier molecular flexibility index (Phi) is 36.7. The largest absolute Gasteiger partial charge is 0.467 e. The van der Waals surface area contributed by atoms with E-state index < -0.39 is 66.8 Å². The van der Waals surface area contributed by atoms with E-state index in [1.165, 1.54) is 23.9 Å². The molecule has 2 fully saturated rings. The van der Waals surface area contributed by atoms with Gasteiger partial charge in [0.2, 0.25) is 0 Å². The van der Waals surface area contributed by atoms with Gasteiger partial charge < -0.3 is 65.1 Å². The molecule has 2 aliphatic heterocycles. The molecule has 8 rings (SSSR count). The quantitative estimate of drug-likeness (QED) is 0.0137. The van der Waals surface area contributed by atoms with Gasteiger partial charge in [0.15, 0.2) is 30.8 Å². The van der Waals surface area contributed by atoms with Crippen molar-refractivity contribution in [1.82, 2.24) is 41.7 Å². The van der Waals surface area contributed by atoms with Crippen molar-refractivity contribution in [3.8, 4) is 0 Å². The lowest BCUT2D eigenvalue weighted by Gasteiger charge is -2.31. The number of nitrogens with zero attached hydrogens (tertiary/aromatic N) is 4. The molecule has 2 aromatic heterocycles. The molecule has 4 aromatic carbocycles. The molecule has 0 bridgehead atoms. The lowest BCUT2D eigenvalue weighted by Crippen LogP contribution is -2.47. The number of esters is 3. The van der Waals surface area contributed by atoms with Gasteiger partial charge in [0.1, 0.15) is 37.8 Å². The Hall–Kier alpha value is -9.89. The van der Waals surface area contributed by atoms with Crippen LogP contribution in [0, 0.1) is 11.8 Å². The number of pyridine rings is 2. The van der Waals surface area contributed by atoms with Crippen LogP contribution in [0.5, 0.6) is 0 Å². The predicted molar refractivity (Wildman–Crippen MR) is 385 cm³/mol. The van der Waals surface area contributed by atoms with Crippen molar-refractivity contribution in [1.29, 1.82) is 0 Å². The van der Waals surface area contributed by atoms with Crippen LogP contribution in [-0.4, -0.2) is 160 Å². The first-order valence-electron chi connectivity index (χ1n) is 34.1. The first-order valence-corrected chi connectivity index (χ1v) is 34.1. The van der Waals surface area contributed by atoms with Crippen LogP contribution in [0.4, 0.5) is 19.2 Å². The summed E-state index contributed by atoms with van der Waals surface area (Å²) in [5.41, 5.74) is 4.96. The highest BCUT2D eigenvalue weighted by Crippen LogP contribution is 2.20. The fourth-order valence-corrected chi connectivity index (χ4v) is 11.3. The summed E-state index contributed by atoms with van der Waals surface area (Å²) in [6.07, 6.45) is 9.50. The molecule has 8 atom stereocenters. The van der Waals surface area contributed by atoms with Crippen molar-refractivity contribution in [3.05, 3.63) is 204 Å². The van der Waals surface area contributed by atoms with Crippen LogP contribution in [0.25, 0.3) is 0 Å². The third kappa shape index (κ3) is 31.5. The monoisotopic (exact) mass is 1460 g/mol. The van der Waals surface area contributed by atoms with Crippen LogP contribution >= 0.6 is 24.8 Å². The summed E-state index contributed by atoms with van der Waals surface area (Å²) < 4.78 is 40.4. The molecule has 6 amide bonds. The predicted octanol–water partition coefficient (Wildman–Crippen LogP) is 7.95. The number of alkyl carbamates (subject to hydrolysis) is 4. The van der Waals surface area contributed by atoms with E-state index in [0.29, 0.717) is 76.7 Å². The highest BCUT2D eigenvalue weighted by Gasteiger charge is 2.32. The minimum atomic E-state index is -1.27. The Morgan fingerprint density at radius 1 is 0.417 bits per heavy atom. The number of halogens is 2. The number of methoxy groups -OCH3 is 1. The number of nitrogens with one attached hydrogen (secondary N) is 6. The standard InChI is InChI=1S/C38H47N5O9.C37H47N5O7.2ClH/c1-27(20-29-12-6-4-7-13-29)39-37(47)51-25-42-18-10-16-31(22-42)34(44)41-33(36(46)49-3)24-50-35(45)32-17-11-19-43(23-32)26-52-38(48)40-28(2)21-30-14-8-5-9-15-30;1-27(20-30-12-6-4-7-13-30)39-36(45)48-25-41-18-10-16-32(22-41)34(43)38-29(3)24-47-35(44)33-17-11-19-42(23-33)26-49-37(46)40-28(2)21-31-14-8-5-9-15-31;;/h4-10,12-16,18,22,27-28,32-33H,11,17,19-21,23-26H2,1-3H3,(H2-,39,40,41,44,47,48);4-10,12-16,18,22,27-29,33H,11,17,19-21,23-26H2,1-3H3,(H2-,38,39,40,43,45,46);2*1H/p+2/t27-,28-,32?,33-;27-,28-,29+,33?;;/m00../s1. The van der Waals surface area contributed by atoms with E-state index in [1.807, 2.05) is 159 Å². The summed E-state index contributed by atoms with van der Waals surface area (Å²) in [5, 5.41) is 16.7. The van der Waals surface area contributed by atoms with Gasteiger partial charge in [-0.1, -0.05) is 121 Å². The number of likely N-dealkylation sites (tertiary alicyclic amines) is 2. The van der Waals surface area contributed by atoms with Gasteiger partial charge in [-0.2, -0.15) is 9.13 Å². The number of piperidine rings is 2. The van der Waals surface area contributed by atoms with Gasteiger partial charge in [0.05, 0.1) is 25.0 Å². The highest BCUT2D eigenvalue weighted by molar-refractivity contribution is 5.96. The van der Waals surface area contributed by atoms with E-state index in [1.54, 1.807) is 48.3 Å². The Morgan fingerprint density at radius 2 is 0.757 bits per heavy atom. The zero-order chi connectivity index (χ0) is 72.3. The summed E-state index contributed by atoms with van der Waals surface area (Å²) in [4.78, 5) is 118. The van der Waals surface area contributed by atoms with Crippen molar-refractivity contribution < 1.29 is 85.4 Å². The molecule has 0 aliphatic carbocycles. The van der Waals surface area contributed by atoms with Crippen molar-refractivity contribution in [3.63, 3.8) is 0 Å². The van der Waals surface area contributed by atoms with E-state index in [0.717, 1.165) is 28.7 Å². The maximum absolute atomic E-state index is 13.1. The maximum Gasteiger partial charge on any atom is 0.412 e. The molecule has 2 unspecified atom stereocenters. The number of amides is 6. The van der Waals surface area contributed by atoms with E-state index in [9.17, 15) is 43.2 Å². The Balaban J connectivity index is 0.000000364. The molecule has 4 heterocycles. The number of ether oxygens (including phenoxy) is 7. The molecule has 28 heteroatoms. The van der Waals surface area contributed by atoms with Crippen molar-refractivity contribution in [2.24, 2.45) is 11.8 Å². The lowest BCUT2D eigenvalue weighted by atomic mass is 9.99. The molecule has 6 aromatic rings. The Bertz CT molecular complexity index is 3610. The van der Waals surface area contributed by atoms with Gasteiger partial charge in [0, 0.05) is 62.5 Å². The normalized spacial score (nSPS) is 15.8. The number of carbonyl (C=O) groups excluding carboxylic acids is 9. The number of benzene rings is 4. The molecule has 0 saturated carbocycles. The third-order valence-electron chi connectivity index (χ3n) is 16.4. The maximum atomic E-state index is 13.1. The summed E-state index contributed by atoms with van der Waals surface area (Å²) in [7, 11) is 1.17. The first kappa shape index (κ1) is 83.8. The van der Waals surface area contributed by atoms with Crippen molar-refractivity contribution in [2.45, 2.75) is 136 Å². The second kappa shape index (κ2) is 45.2. The first-order chi connectivity index (χ1) is 48.7. The van der Waals surface area contributed by atoms with Gasteiger partial charge >= 0.3 is 42.3 Å². The topological polar surface area (TPSA) is 305 Å². The highest BCUT2D eigenvalue weighted by atomic mass is 35.5. The van der Waals surface area contributed by atoms with E-state index in [-0.39, 0.29) is 106 Å². The number of hydrogen-bond acceptors (Lipinski definition) is 18. The van der Waals surface area contributed by atoms with Gasteiger partial charge in [-0.05, 0) is 120 Å². The second-order valence-corrected chi connectivity index (χ2v) is 25.4. The summed E-state index contributed by atoms with van der Waals surface area (Å²) in [6, 6.07) is 43.6. The summed E-state index contributed by atoms with van der Waals surface area (Å²) >= 11 is 0. The van der Waals surface area contributed by atoms with Crippen LogP contribution in [0.3, 0.4) is 0 Å².